The SMILES string of the molecule is CCCCCCCCNC(=O)c1ccc([N+](=O)[O-])c(C)c1. The van der Waals surface area contributed by atoms with Gasteiger partial charge in [0, 0.05) is 23.7 Å². The average molecular weight is 292 g/mol. The van der Waals surface area contributed by atoms with E-state index in [1.165, 1.54) is 37.8 Å². The van der Waals surface area contributed by atoms with Crippen molar-refractivity contribution in [3.05, 3.63) is 39.4 Å². The number of aryl methyl sites for hydroxylation is 1. The first-order valence-electron chi connectivity index (χ1n) is 7.59. The Morgan fingerprint density at radius 3 is 2.48 bits per heavy atom. The quantitative estimate of drug-likeness (QED) is 0.425. The summed E-state index contributed by atoms with van der Waals surface area (Å²) < 4.78 is 0. The first-order valence-corrected chi connectivity index (χ1v) is 7.59. The first kappa shape index (κ1) is 17.1. The molecule has 0 spiro atoms. The molecular weight excluding hydrogens is 268 g/mol. The van der Waals surface area contributed by atoms with Gasteiger partial charge in [0.2, 0.25) is 0 Å². The van der Waals surface area contributed by atoms with Crippen molar-refractivity contribution < 1.29 is 9.72 Å². The number of rotatable bonds is 9. The fourth-order valence-electron chi connectivity index (χ4n) is 2.21. The maximum Gasteiger partial charge on any atom is 0.272 e. The summed E-state index contributed by atoms with van der Waals surface area (Å²) in [6, 6.07) is 4.45. The second-order valence-electron chi connectivity index (χ2n) is 5.28. The normalized spacial score (nSPS) is 10.4. The van der Waals surface area contributed by atoms with Crippen LogP contribution in [0.3, 0.4) is 0 Å². The number of carbonyl (C=O) groups excluding carboxylic acids is 1. The number of nitro groups is 1. The summed E-state index contributed by atoms with van der Waals surface area (Å²) in [6.45, 7) is 4.48. The third kappa shape index (κ3) is 5.94. The Morgan fingerprint density at radius 1 is 1.19 bits per heavy atom. The second-order valence-corrected chi connectivity index (χ2v) is 5.28. The molecule has 21 heavy (non-hydrogen) atoms. The Kier molecular flexibility index (Phi) is 7.43. The van der Waals surface area contributed by atoms with Crippen molar-refractivity contribution in [3.63, 3.8) is 0 Å². The van der Waals surface area contributed by atoms with E-state index >= 15 is 0 Å². The molecule has 0 fully saturated rings. The lowest BCUT2D eigenvalue weighted by molar-refractivity contribution is -0.385. The zero-order valence-electron chi connectivity index (χ0n) is 12.9. The molecule has 0 aliphatic rings. The molecule has 116 valence electrons. The zero-order chi connectivity index (χ0) is 15.7. The highest BCUT2D eigenvalue weighted by Crippen LogP contribution is 2.18. The predicted octanol–water partition coefficient (Wildman–Crippen LogP) is 3.99. The minimum Gasteiger partial charge on any atom is -0.352 e. The Labute approximate surface area is 125 Å². The molecule has 1 N–H and O–H groups in total. The molecule has 0 heterocycles. The number of nitrogens with one attached hydrogen (secondary N) is 1. The Bertz CT molecular complexity index is 486. The van der Waals surface area contributed by atoms with Crippen molar-refractivity contribution in [2.45, 2.75) is 52.4 Å². The van der Waals surface area contributed by atoms with Gasteiger partial charge in [-0.3, -0.25) is 14.9 Å². The lowest BCUT2D eigenvalue weighted by Crippen LogP contribution is -2.24. The number of unbranched alkanes of at least 4 members (excludes halogenated alkanes) is 5. The van der Waals surface area contributed by atoms with Crippen LogP contribution in [0.5, 0.6) is 0 Å². The van der Waals surface area contributed by atoms with E-state index in [2.05, 4.69) is 12.2 Å². The van der Waals surface area contributed by atoms with Gasteiger partial charge in [-0.05, 0) is 25.5 Å². The molecule has 0 aromatic heterocycles. The fraction of sp³-hybridized carbons (Fsp3) is 0.562. The molecule has 1 aromatic rings. The van der Waals surface area contributed by atoms with E-state index in [0.717, 1.165) is 12.8 Å². The van der Waals surface area contributed by atoms with E-state index in [1.54, 1.807) is 13.0 Å². The van der Waals surface area contributed by atoms with Crippen LogP contribution >= 0.6 is 0 Å². The third-order valence-corrected chi connectivity index (χ3v) is 3.47. The predicted molar refractivity (Wildman–Crippen MR) is 83.5 cm³/mol. The number of nitrogens with zero attached hydrogens (tertiary/aromatic N) is 1. The first-order chi connectivity index (χ1) is 10.1. The zero-order valence-corrected chi connectivity index (χ0v) is 12.9. The molecule has 1 aromatic carbocycles. The van der Waals surface area contributed by atoms with Gasteiger partial charge in [-0.25, -0.2) is 0 Å². The summed E-state index contributed by atoms with van der Waals surface area (Å²) >= 11 is 0. The van der Waals surface area contributed by atoms with Crippen molar-refractivity contribution in [2.75, 3.05) is 6.54 Å². The van der Waals surface area contributed by atoms with Crippen LogP contribution in [0, 0.1) is 17.0 Å². The standard InChI is InChI=1S/C16H24N2O3/c1-3-4-5-6-7-8-11-17-16(19)14-9-10-15(18(20)21)13(2)12-14/h9-10,12H,3-8,11H2,1-2H3,(H,17,19). The van der Waals surface area contributed by atoms with Crippen LogP contribution in [0.1, 0.15) is 61.4 Å². The molecule has 0 saturated heterocycles. The van der Waals surface area contributed by atoms with Gasteiger partial charge in [0.25, 0.3) is 11.6 Å². The molecular formula is C16H24N2O3. The number of benzene rings is 1. The van der Waals surface area contributed by atoms with Crippen LogP contribution in [0.2, 0.25) is 0 Å². The van der Waals surface area contributed by atoms with E-state index in [1.807, 2.05) is 0 Å². The fourth-order valence-corrected chi connectivity index (χ4v) is 2.21. The molecule has 0 aliphatic carbocycles. The number of nitro benzene ring substituents is 1. The van der Waals surface area contributed by atoms with Crippen molar-refractivity contribution in [3.8, 4) is 0 Å². The number of hydrogen-bond donors (Lipinski definition) is 1. The lowest BCUT2D eigenvalue weighted by Gasteiger charge is -2.06. The summed E-state index contributed by atoms with van der Waals surface area (Å²) in [7, 11) is 0. The average Bonchev–Trinajstić information content (AvgIpc) is 2.45. The largest absolute Gasteiger partial charge is 0.352 e. The van der Waals surface area contributed by atoms with E-state index < -0.39 is 4.92 Å². The minimum atomic E-state index is -0.437. The summed E-state index contributed by atoms with van der Waals surface area (Å²) in [5.74, 6) is -0.165. The van der Waals surface area contributed by atoms with Crippen molar-refractivity contribution >= 4 is 11.6 Å². The molecule has 0 bridgehead atoms. The van der Waals surface area contributed by atoms with Crippen LogP contribution in [-0.4, -0.2) is 17.4 Å². The molecule has 5 heteroatoms. The summed E-state index contributed by atoms with van der Waals surface area (Å²) in [5.41, 5.74) is 1.03. The molecule has 1 amide bonds. The van der Waals surface area contributed by atoms with Crippen LogP contribution in [0.4, 0.5) is 5.69 Å². The van der Waals surface area contributed by atoms with E-state index in [0.29, 0.717) is 17.7 Å². The van der Waals surface area contributed by atoms with Gasteiger partial charge in [-0.1, -0.05) is 39.0 Å². The Morgan fingerprint density at radius 2 is 1.86 bits per heavy atom. The van der Waals surface area contributed by atoms with Gasteiger partial charge in [-0.2, -0.15) is 0 Å². The Balaban J connectivity index is 2.35. The maximum absolute atomic E-state index is 11.9. The van der Waals surface area contributed by atoms with Crippen molar-refractivity contribution in [2.24, 2.45) is 0 Å². The van der Waals surface area contributed by atoms with Gasteiger partial charge in [0.1, 0.15) is 0 Å². The smallest absolute Gasteiger partial charge is 0.272 e. The van der Waals surface area contributed by atoms with Gasteiger partial charge >= 0.3 is 0 Å². The lowest BCUT2D eigenvalue weighted by atomic mass is 10.1. The third-order valence-electron chi connectivity index (χ3n) is 3.47. The molecule has 1 rings (SSSR count). The summed E-state index contributed by atoms with van der Waals surface area (Å²) in [5, 5.41) is 13.6. The van der Waals surface area contributed by atoms with Gasteiger partial charge in [0.15, 0.2) is 0 Å². The van der Waals surface area contributed by atoms with Crippen molar-refractivity contribution in [1.82, 2.24) is 5.32 Å². The van der Waals surface area contributed by atoms with Crippen LogP contribution < -0.4 is 5.32 Å². The Hall–Kier alpha value is -1.91. The number of carbonyl (C=O) groups is 1. The van der Waals surface area contributed by atoms with Crippen LogP contribution in [0.25, 0.3) is 0 Å². The van der Waals surface area contributed by atoms with Gasteiger partial charge in [0.05, 0.1) is 4.92 Å². The maximum atomic E-state index is 11.9. The van der Waals surface area contributed by atoms with E-state index in [-0.39, 0.29) is 11.6 Å². The summed E-state index contributed by atoms with van der Waals surface area (Å²) in [6.07, 6.45) is 7.07. The van der Waals surface area contributed by atoms with Gasteiger partial charge in [-0.15, -0.1) is 0 Å². The van der Waals surface area contributed by atoms with E-state index in [9.17, 15) is 14.9 Å². The number of amides is 1. The van der Waals surface area contributed by atoms with Crippen LogP contribution in [-0.2, 0) is 0 Å². The monoisotopic (exact) mass is 292 g/mol. The summed E-state index contributed by atoms with van der Waals surface area (Å²) in [4.78, 5) is 22.2. The number of hydrogen-bond acceptors (Lipinski definition) is 3. The molecule has 0 unspecified atom stereocenters. The molecule has 0 atom stereocenters. The minimum absolute atomic E-state index is 0.0440. The highest BCUT2D eigenvalue weighted by atomic mass is 16.6. The highest BCUT2D eigenvalue weighted by Gasteiger charge is 2.13. The topological polar surface area (TPSA) is 72.2 Å². The molecule has 0 radical (unpaired) electrons. The molecule has 0 saturated carbocycles. The highest BCUT2D eigenvalue weighted by molar-refractivity contribution is 5.94. The van der Waals surface area contributed by atoms with Crippen molar-refractivity contribution in [1.29, 1.82) is 0 Å². The molecule has 5 nitrogen and oxygen atoms in total. The van der Waals surface area contributed by atoms with E-state index in [4.69, 9.17) is 0 Å². The van der Waals surface area contributed by atoms with Crippen LogP contribution in [0.15, 0.2) is 18.2 Å². The second kappa shape index (κ2) is 9.10. The van der Waals surface area contributed by atoms with Gasteiger partial charge < -0.3 is 5.32 Å². The molecule has 0 aliphatic heterocycles.